The molecule has 0 aromatic carbocycles. The zero-order chi connectivity index (χ0) is 13.8. The van der Waals surface area contributed by atoms with Crippen LogP contribution in [0.15, 0.2) is 36.9 Å². The summed E-state index contributed by atoms with van der Waals surface area (Å²) in [6, 6.07) is 3.74. The van der Waals surface area contributed by atoms with E-state index in [1.807, 2.05) is 0 Å². The Hall–Kier alpha value is -2.57. The van der Waals surface area contributed by atoms with Crippen LogP contribution in [-0.4, -0.2) is 49.9 Å². The summed E-state index contributed by atoms with van der Waals surface area (Å²) in [5.74, 6) is 0.0368. The molecular formula is C13H13N5O2. The summed E-state index contributed by atoms with van der Waals surface area (Å²) in [4.78, 5) is 29.8. The average molecular weight is 271 g/mol. The van der Waals surface area contributed by atoms with Crippen molar-refractivity contribution >= 4 is 5.91 Å². The number of carbonyl (C=O) groups excluding carboxylic acids is 1. The Balaban J connectivity index is 1.61. The van der Waals surface area contributed by atoms with Gasteiger partial charge >= 0.3 is 6.01 Å². The van der Waals surface area contributed by atoms with Gasteiger partial charge < -0.3 is 9.64 Å². The SMILES string of the molecule is O=C(c1ncccn1)N1CC[C@H](Oc2ncccn2)C1. The molecule has 20 heavy (non-hydrogen) atoms. The van der Waals surface area contributed by atoms with Crippen molar-refractivity contribution in [3.05, 3.63) is 42.7 Å². The van der Waals surface area contributed by atoms with Crippen LogP contribution in [0.25, 0.3) is 0 Å². The van der Waals surface area contributed by atoms with Crippen LogP contribution in [0.2, 0.25) is 0 Å². The zero-order valence-corrected chi connectivity index (χ0v) is 10.7. The van der Waals surface area contributed by atoms with Crippen molar-refractivity contribution in [1.82, 2.24) is 24.8 Å². The van der Waals surface area contributed by atoms with Crippen LogP contribution in [0, 0.1) is 0 Å². The van der Waals surface area contributed by atoms with Gasteiger partial charge in [0, 0.05) is 37.8 Å². The molecule has 2 aromatic rings. The molecule has 102 valence electrons. The van der Waals surface area contributed by atoms with Crippen LogP contribution in [0.1, 0.15) is 17.0 Å². The van der Waals surface area contributed by atoms with E-state index < -0.39 is 0 Å². The highest BCUT2D eigenvalue weighted by molar-refractivity contribution is 5.90. The fourth-order valence-electron chi connectivity index (χ4n) is 2.06. The number of aromatic nitrogens is 4. The maximum absolute atomic E-state index is 12.2. The summed E-state index contributed by atoms with van der Waals surface area (Å²) in [6.07, 6.45) is 7.02. The number of carbonyl (C=O) groups is 1. The van der Waals surface area contributed by atoms with Gasteiger partial charge in [0.25, 0.3) is 5.91 Å². The van der Waals surface area contributed by atoms with Crippen molar-refractivity contribution in [2.45, 2.75) is 12.5 Å². The Morgan fingerprint density at radius 2 is 1.75 bits per heavy atom. The fourth-order valence-corrected chi connectivity index (χ4v) is 2.06. The van der Waals surface area contributed by atoms with E-state index in [2.05, 4.69) is 19.9 Å². The lowest BCUT2D eigenvalue weighted by Gasteiger charge is -2.15. The van der Waals surface area contributed by atoms with Gasteiger partial charge in [-0.15, -0.1) is 0 Å². The van der Waals surface area contributed by atoms with Crippen LogP contribution in [0.4, 0.5) is 0 Å². The topological polar surface area (TPSA) is 81.1 Å². The Morgan fingerprint density at radius 3 is 2.45 bits per heavy atom. The minimum absolute atomic E-state index is 0.0925. The predicted octanol–water partition coefficient (Wildman–Crippen LogP) is 0.560. The normalized spacial score (nSPS) is 18.0. The molecule has 2 aromatic heterocycles. The van der Waals surface area contributed by atoms with Crippen molar-refractivity contribution in [1.29, 1.82) is 0 Å². The summed E-state index contributed by atoms with van der Waals surface area (Å²) in [6.45, 7) is 1.12. The second-order valence-corrected chi connectivity index (χ2v) is 4.38. The van der Waals surface area contributed by atoms with Crippen LogP contribution in [-0.2, 0) is 0 Å². The van der Waals surface area contributed by atoms with E-state index in [1.165, 1.54) is 0 Å². The van der Waals surface area contributed by atoms with Gasteiger partial charge in [-0.1, -0.05) is 0 Å². The Morgan fingerprint density at radius 1 is 1.10 bits per heavy atom. The van der Waals surface area contributed by atoms with Gasteiger partial charge in [0.1, 0.15) is 6.10 Å². The number of rotatable bonds is 3. The van der Waals surface area contributed by atoms with Crippen molar-refractivity contribution < 1.29 is 9.53 Å². The second-order valence-electron chi connectivity index (χ2n) is 4.38. The molecule has 0 saturated carbocycles. The average Bonchev–Trinajstić information content (AvgIpc) is 2.97. The molecule has 0 radical (unpaired) electrons. The summed E-state index contributed by atoms with van der Waals surface area (Å²) in [5.41, 5.74) is 0. The van der Waals surface area contributed by atoms with E-state index in [4.69, 9.17) is 4.74 Å². The first kappa shape index (κ1) is 12.5. The standard InChI is InChI=1S/C13H13N5O2/c19-12(11-14-4-1-5-15-11)18-8-3-10(9-18)20-13-16-6-2-7-17-13/h1-2,4-7,10H,3,8-9H2/t10-/m0/s1. The quantitative estimate of drug-likeness (QED) is 0.811. The van der Waals surface area contributed by atoms with Gasteiger partial charge in [-0.3, -0.25) is 4.79 Å². The van der Waals surface area contributed by atoms with Crippen LogP contribution in [0.3, 0.4) is 0 Å². The molecule has 1 aliphatic rings. The third-order valence-electron chi connectivity index (χ3n) is 3.00. The molecule has 0 unspecified atom stereocenters. The monoisotopic (exact) mass is 271 g/mol. The zero-order valence-electron chi connectivity index (χ0n) is 10.7. The summed E-state index contributed by atoms with van der Waals surface area (Å²) >= 11 is 0. The molecule has 3 heterocycles. The van der Waals surface area contributed by atoms with E-state index in [0.29, 0.717) is 19.1 Å². The smallest absolute Gasteiger partial charge is 0.316 e. The highest BCUT2D eigenvalue weighted by Gasteiger charge is 2.29. The number of amides is 1. The van der Waals surface area contributed by atoms with Crippen molar-refractivity contribution in [2.75, 3.05) is 13.1 Å². The van der Waals surface area contributed by atoms with Crippen LogP contribution in [0.5, 0.6) is 6.01 Å². The highest BCUT2D eigenvalue weighted by Crippen LogP contribution is 2.15. The van der Waals surface area contributed by atoms with Gasteiger partial charge in [-0.05, 0) is 12.1 Å². The molecule has 1 amide bonds. The fraction of sp³-hybridized carbons (Fsp3) is 0.308. The molecule has 7 nitrogen and oxygen atoms in total. The molecule has 0 N–H and O–H groups in total. The first-order chi connectivity index (χ1) is 9.83. The molecule has 1 aliphatic heterocycles. The first-order valence-corrected chi connectivity index (χ1v) is 6.33. The van der Waals surface area contributed by atoms with Gasteiger partial charge in [0.2, 0.25) is 5.82 Å². The molecule has 0 spiro atoms. The molecular weight excluding hydrogens is 258 g/mol. The molecule has 7 heteroatoms. The van der Waals surface area contributed by atoms with Gasteiger partial charge in [-0.25, -0.2) is 19.9 Å². The van der Waals surface area contributed by atoms with Gasteiger partial charge in [0.05, 0.1) is 6.54 Å². The Kier molecular flexibility index (Phi) is 3.49. The predicted molar refractivity (Wildman–Crippen MR) is 69.0 cm³/mol. The maximum atomic E-state index is 12.2. The van der Waals surface area contributed by atoms with E-state index in [1.54, 1.807) is 41.8 Å². The lowest BCUT2D eigenvalue weighted by atomic mass is 10.3. The number of nitrogens with zero attached hydrogens (tertiary/aromatic N) is 5. The number of likely N-dealkylation sites (tertiary alicyclic amines) is 1. The highest BCUT2D eigenvalue weighted by atomic mass is 16.5. The third-order valence-corrected chi connectivity index (χ3v) is 3.00. The molecule has 1 saturated heterocycles. The minimum atomic E-state index is -0.175. The molecule has 1 fully saturated rings. The summed E-state index contributed by atoms with van der Waals surface area (Å²) < 4.78 is 5.63. The summed E-state index contributed by atoms with van der Waals surface area (Å²) in [7, 11) is 0. The lowest BCUT2D eigenvalue weighted by molar-refractivity contribution is 0.0757. The van der Waals surface area contributed by atoms with Gasteiger partial charge in [-0.2, -0.15) is 0 Å². The molecule has 0 bridgehead atoms. The molecule has 3 rings (SSSR count). The largest absolute Gasteiger partial charge is 0.458 e. The molecule has 0 aliphatic carbocycles. The second kappa shape index (κ2) is 5.60. The van der Waals surface area contributed by atoms with Crippen molar-refractivity contribution in [3.8, 4) is 6.01 Å². The Bertz CT molecular complexity index is 578. The summed E-state index contributed by atoms with van der Waals surface area (Å²) in [5, 5.41) is 0. The Labute approximate surface area is 115 Å². The van der Waals surface area contributed by atoms with Crippen LogP contribution < -0.4 is 4.74 Å². The van der Waals surface area contributed by atoms with Crippen LogP contribution >= 0.6 is 0 Å². The number of hydrogen-bond acceptors (Lipinski definition) is 6. The number of ether oxygens (including phenoxy) is 1. The van der Waals surface area contributed by atoms with E-state index in [9.17, 15) is 4.79 Å². The minimum Gasteiger partial charge on any atom is -0.458 e. The van der Waals surface area contributed by atoms with Crippen molar-refractivity contribution in [2.24, 2.45) is 0 Å². The maximum Gasteiger partial charge on any atom is 0.316 e. The van der Waals surface area contributed by atoms with E-state index in [-0.39, 0.29) is 17.8 Å². The molecule has 1 atom stereocenters. The lowest BCUT2D eigenvalue weighted by Crippen LogP contribution is -2.32. The van der Waals surface area contributed by atoms with Gasteiger partial charge in [0.15, 0.2) is 0 Å². The first-order valence-electron chi connectivity index (χ1n) is 6.33. The van der Waals surface area contributed by atoms with Crippen molar-refractivity contribution in [3.63, 3.8) is 0 Å². The number of hydrogen-bond donors (Lipinski definition) is 0. The third kappa shape index (κ3) is 2.71. The van der Waals surface area contributed by atoms with E-state index >= 15 is 0 Å². The van der Waals surface area contributed by atoms with E-state index in [0.717, 1.165) is 6.42 Å².